The van der Waals surface area contributed by atoms with Gasteiger partial charge in [0.25, 0.3) is 5.91 Å². The summed E-state index contributed by atoms with van der Waals surface area (Å²) in [5.74, 6) is 0.0823. The van der Waals surface area contributed by atoms with Crippen LogP contribution in [0.5, 0.6) is 0 Å². The molecule has 1 aromatic carbocycles. The second-order valence-electron chi connectivity index (χ2n) is 5.37. The fourth-order valence-corrected chi connectivity index (χ4v) is 3.00. The summed E-state index contributed by atoms with van der Waals surface area (Å²) in [6, 6.07) is 10.0. The van der Waals surface area contributed by atoms with Gasteiger partial charge in [0, 0.05) is 30.7 Å². The van der Waals surface area contributed by atoms with Crippen LogP contribution in [-0.4, -0.2) is 36.0 Å². The van der Waals surface area contributed by atoms with Crippen molar-refractivity contribution in [3.05, 3.63) is 35.4 Å². The van der Waals surface area contributed by atoms with E-state index in [9.17, 15) is 4.79 Å². The number of carbonyl (C=O) groups is 1. The van der Waals surface area contributed by atoms with Crippen molar-refractivity contribution in [2.45, 2.75) is 31.3 Å². The number of hydrogen-bond acceptors (Lipinski definition) is 3. The van der Waals surface area contributed by atoms with Crippen LogP contribution in [0.15, 0.2) is 24.3 Å². The highest BCUT2D eigenvalue weighted by Gasteiger charge is 2.31. The van der Waals surface area contributed by atoms with Crippen LogP contribution in [0.1, 0.15) is 35.2 Å². The molecule has 2 fully saturated rings. The molecule has 0 aliphatic carbocycles. The maximum absolute atomic E-state index is 12.4. The molecule has 2 bridgehead atoms. The molecule has 0 radical (unpaired) electrons. The van der Waals surface area contributed by atoms with Crippen molar-refractivity contribution in [2.24, 2.45) is 0 Å². The molecule has 0 aromatic heterocycles. The molecule has 2 aliphatic heterocycles. The molecule has 2 aliphatic rings. The average molecular weight is 255 g/mol. The number of likely N-dealkylation sites (tertiary alicyclic amines) is 1. The number of amides is 1. The molecule has 1 amide bonds. The van der Waals surface area contributed by atoms with E-state index in [4.69, 9.17) is 5.26 Å². The van der Waals surface area contributed by atoms with Gasteiger partial charge in [-0.05, 0) is 43.5 Å². The Hall–Kier alpha value is -1.86. The highest BCUT2D eigenvalue weighted by molar-refractivity contribution is 5.94. The predicted octanol–water partition coefficient (Wildman–Crippen LogP) is 1.52. The van der Waals surface area contributed by atoms with Crippen LogP contribution >= 0.6 is 0 Å². The van der Waals surface area contributed by atoms with Gasteiger partial charge in [0.15, 0.2) is 0 Å². The minimum absolute atomic E-state index is 0.0823. The van der Waals surface area contributed by atoms with Crippen LogP contribution in [0.25, 0.3) is 0 Å². The second kappa shape index (κ2) is 5.02. The predicted molar refractivity (Wildman–Crippen MR) is 71.6 cm³/mol. The molecule has 0 spiro atoms. The third-order valence-corrected chi connectivity index (χ3v) is 4.07. The van der Waals surface area contributed by atoms with Crippen LogP contribution in [-0.2, 0) is 0 Å². The molecule has 4 heteroatoms. The Balaban J connectivity index is 1.74. The lowest BCUT2D eigenvalue weighted by molar-refractivity contribution is 0.0748. The molecule has 2 atom stereocenters. The summed E-state index contributed by atoms with van der Waals surface area (Å²) in [5, 5.41) is 12.3. The largest absolute Gasteiger partial charge is 0.337 e. The standard InChI is InChI=1S/C15H17N3O/c16-9-11-1-3-12(4-2-11)15(19)18-8-7-13-5-6-14(10-18)17-13/h1-4,13-14,17H,5-8,10H2. The van der Waals surface area contributed by atoms with Gasteiger partial charge in [-0.1, -0.05) is 0 Å². The first kappa shape index (κ1) is 12.2. The van der Waals surface area contributed by atoms with E-state index in [0.29, 0.717) is 23.2 Å². The monoisotopic (exact) mass is 255 g/mol. The summed E-state index contributed by atoms with van der Waals surface area (Å²) >= 11 is 0. The highest BCUT2D eigenvalue weighted by Crippen LogP contribution is 2.21. The molecule has 19 heavy (non-hydrogen) atoms. The molecule has 2 unspecified atom stereocenters. The van der Waals surface area contributed by atoms with Crippen LogP contribution < -0.4 is 5.32 Å². The van der Waals surface area contributed by atoms with Gasteiger partial charge in [0.05, 0.1) is 11.6 Å². The molecule has 1 N–H and O–H groups in total. The van der Waals surface area contributed by atoms with E-state index in [1.165, 1.54) is 12.8 Å². The molecule has 2 saturated heterocycles. The fraction of sp³-hybridized carbons (Fsp3) is 0.467. The smallest absolute Gasteiger partial charge is 0.253 e. The number of benzene rings is 1. The van der Waals surface area contributed by atoms with Gasteiger partial charge < -0.3 is 10.2 Å². The molecule has 3 rings (SSSR count). The van der Waals surface area contributed by atoms with Gasteiger partial charge in [-0.15, -0.1) is 0 Å². The van der Waals surface area contributed by atoms with Crippen LogP contribution in [0.4, 0.5) is 0 Å². The number of carbonyl (C=O) groups excluding carboxylic acids is 1. The normalized spacial score (nSPS) is 25.7. The molecule has 4 nitrogen and oxygen atoms in total. The van der Waals surface area contributed by atoms with E-state index in [0.717, 1.165) is 19.5 Å². The number of nitrogens with zero attached hydrogens (tertiary/aromatic N) is 2. The Labute approximate surface area is 113 Å². The fourth-order valence-electron chi connectivity index (χ4n) is 3.00. The zero-order chi connectivity index (χ0) is 13.2. The van der Waals surface area contributed by atoms with E-state index < -0.39 is 0 Å². The summed E-state index contributed by atoms with van der Waals surface area (Å²) in [6.07, 6.45) is 3.45. The topological polar surface area (TPSA) is 56.1 Å². The van der Waals surface area contributed by atoms with E-state index in [-0.39, 0.29) is 5.91 Å². The zero-order valence-electron chi connectivity index (χ0n) is 10.8. The molecule has 1 aromatic rings. The minimum Gasteiger partial charge on any atom is -0.337 e. The molecular weight excluding hydrogens is 238 g/mol. The van der Waals surface area contributed by atoms with Crippen molar-refractivity contribution in [3.63, 3.8) is 0 Å². The maximum atomic E-state index is 12.4. The van der Waals surface area contributed by atoms with Crippen molar-refractivity contribution in [2.75, 3.05) is 13.1 Å². The average Bonchev–Trinajstić information content (AvgIpc) is 2.78. The lowest BCUT2D eigenvalue weighted by Crippen LogP contribution is -2.39. The number of rotatable bonds is 1. The quantitative estimate of drug-likeness (QED) is 0.828. The molecule has 0 saturated carbocycles. The van der Waals surface area contributed by atoms with Crippen molar-refractivity contribution < 1.29 is 4.79 Å². The van der Waals surface area contributed by atoms with Gasteiger partial charge in [-0.2, -0.15) is 5.26 Å². The second-order valence-corrected chi connectivity index (χ2v) is 5.37. The Bertz CT molecular complexity index is 517. The Morgan fingerprint density at radius 1 is 1.21 bits per heavy atom. The summed E-state index contributed by atoms with van der Waals surface area (Å²) in [6.45, 7) is 1.63. The van der Waals surface area contributed by atoms with Crippen molar-refractivity contribution in [1.29, 1.82) is 5.26 Å². The van der Waals surface area contributed by atoms with Crippen molar-refractivity contribution in [1.82, 2.24) is 10.2 Å². The van der Waals surface area contributed by atoms with Crippen molar-refractivity contribution >= 4 is 5.91 Å². The summed E-state index contributed by atoms with van der Waals surface area (Å²) < 4.78 is 0. The zero-order valence-corrected chi connectivity index (χ0v) is 10.8. The Morgan fingerprint density at radius 3 is 2.68 bits per heavy atom. The minimum atomic E-state index is 0.0823. The summed E-state index contributed by atoms with van der Waals surface area (Å²) in [5.41, 5.74) is 1.27. The summed E-state index contributed by atoms with van der Waals surface area (Å²) in [7, 11) is 0. The van der Waals surface area contributed by atoms with Gasteiger partial charge in [0.1, 0.15) is 0 Å². The number of hydrogen-bond donors (Lipinski definition) is 1. The van der Waals surface area contributed by atoms with Gasteiger partial charge in [-0.25, -0.2) is 0 Å². The van der Waals surface area contributed by atoms with E-state index in [1.54, 1.807) is 24.3 Å². The molecule has 2 heterocycles. The molecular formula is C15H17N3O. The first-order chi connectivity index (χ1) is 9.26. The van der Waals surface area contributed by atoms with E-state index in [1.807, 2.05) is 4.90 Å². The first-order valence-corrected chi connectivity index (χ1v) is 6.82. The number of fused-ring (bicyclic) bond motifs is 2. The lowest BCUT2D eigenvalue weighted by atomic mass is 10.1. The van der Waals surface area contributed by atoms with Crippen LogP contribution in [0, 0.1) is 11.3 Å². The van der Waals surface area contributed by atoms with E-state index >= 15 is 0 Å². The number of nitriles is 1. The van der Waals surface area contributed by atoms with Gasteiger partial charge in [0.2, 0.25) is 0 Å². The van der Waals surface area contributed by atoms with Crippen LogP contribution in [0.3, 0.4) is 0 Å². The highest BCUT2D eigenvalue weighted by atomic mass is 16.2. The first-order valence-electron chi connectivity index (χ1n) is 6.82. The van der Waals surface area contributed by atoms with Crippen molar-refractivity contribution in [3.8, 4) is 6.07 Å². The van der Waals surface area contributed by atoms with Gasteiger partial charge >= 0.3 is 0 Å². The molecule has 98 valence electrons. The summed E-state index contributed by atoms with van der Waals surface area (Å²) in [4.78, 5) is 14.4. The Morgan fingerprint density at radius 2 is 1.95 bits per heavy atom. The van der Waals surface area contributed by atoms with Crippen LogP contribution in [0.2, 0.25) is 0 Å². The Kier molecular flexibility index (Phi) is 3.22. The maximum Gasteiger partial charge on any atom is 0.253 e. The van der Waals surface area contributed by atoms with Gasteiger partial charge in [-0.3, -0.25) is 4.79 Å². The lowest BCUT2D eigenvalue weighted by Gasteiger charge is -2.24. The third kappa shape index (κ3) is 2.47. The third-order valence-electron chi connectivity index (χ3n) is 4.07. The van der Waals surface area contributed by atoms with E-state index in [2.05, 4.69) is 11.4 Å². The SMILES string of the molecule is N#Cc1ccc(C(=O)N2CCC3CCC(C2)N3)cc1. The number of nitrogens with one attached hydrogen (secondary N) is 1.